The summed E-state index contributed by atoms with van der Waals surface area (Å²) in [6, 6.07) is 18.0. The Morgan fingerprint density at radius 3 is 1.72 bits per heavy atom. The fourth-order valence-corrected chi connectivity index (χ4v) is 7.11. The SMILES string of the molecule is Cc1ccc(I(Br)c2ccc(C(C)C)cc2)cc1. The van der Waals surface area contributed by atoms with Crippen LogP contribution in [0.1, 0.15) is 30.9 Å². The zero-order valence-corrected chi connectivity index (χ0v) is 14.7. The van der Waals surface area contributed by atoms with Gasteiger partial charge in [0.1, 0.15) is 0 Å². The van der Waals surface area contributed by atoms with Crippen LogP contribution >= 0.6 is 30.3 Å². The molecule has 96 valence electrons. The molecule has 0 aromatic heterocycles. The van der Waals surface area contributed by atoms with E-state index in [4.69, 9.17) is 0 Å². The molecule has 0 bridgehead atoms. The molecule has 0 unspecified atom stereocenters. The van der Waals surface area contributed by atoms with Gasteiger partial charge in [-0.25, -0.2) is 0 Å². The molecule has 0 saturated carbocycles. The average molecular weight is 417 g/mol. The van der Waals surface area contributed by atoms with Gasteiger partial charge in [-0.1, -0.05) is 0 Å². The minimum absolute atomic E-state index is 0.607. The van der Waals surface area contributed by atoms with Crippen molar-refractivity contribution in [3.63, 3.8) is 0 Å². The monoisotopic (exact) mass is 416 g/mol. The standard InChI is InChI=1S/C16H18BrI/c1-12(2)14-6-10-16(11-7-14)18(17)15-8-4-13(3)5-9-15/h4-12H,1-3H3. The first-order valence-electron chi connectivity index (χ1n) is 6.11. The first kappa shape index (κ1) is 14.1. The molecule has 0 spiro atoms. The number of hydrogen-bond acceptors (Lipinski definition) is 0. The van der Waals surface area contributed by atoms with Crippen LogP contribution in [0.15, 0.2) is 48.5 Å². The van der Waals surface area contributed by atoms with Gasteiger partial charge in [0.05, 0.1) is 0 Å². The van der Waals surface area contributed by atoms with Gasteiger partial charge in [0, 0.05) is 0 Å². The van der Waals surface area contributed by atoms with Crippen LogP contribution in [0.4, 0.5) is 0 Å². The zero-order chi connectivity index (χ0) is 13.1. The molecule has 0 fully saturated rings. The van der Waals surface area contributed by atoms with Crippen LogP contribution in [0.3, 0.4) is 0 Å². The molecular formula is C16H18BrI. The van der Waals surface area contributed by atoms with E-state index in [2.05, 4.69) is 82.0 Å². The molecule has 0 N–H and O–H groups in total. The van der Waals surface area contributed by atoms with Gasteiger partial charge < -0.3 is 0 Å². The van der Waals surface area contributed by atoms with Gasteiger partial charge in [-0.2, -0.15) is 0 Å². The third-order valence-electron chi connectivity index (χ3n) is 2.93. The molecule has 0 amide bonds. The van der Waals surface area contributed by atoms with Crippen molar-refractivity contribution >= 4 is 30.3 Å². The second-order valence-electron chi connectivity index (χ2n) is 4.74. The second-order valence-corrected chi connectivity index (χ2v) is 12.6. The van der Waals surface area contributed by atoms with Crippen molar-refractivity contribution < 1.29 is 0 Å². The number of rotatable bonds is 3. The first-order chi connectivity index (χ1) is 8.58. The number of benzene rings is 2. The zero-order valence-electron chi connectivity index (χ0n) is 11.0. The van der Waals surface area contributed by atoms with Crippen LogP contribution in [-0.4, -0.2) is 0 Å². The molecule has 2 rings (SSSR count). The molecule has 18 heavy (non-hydrogen) atoms. The summed E-state index contributed by atoms with van der Waals surface area (Å²) in [7, 11) is 0. The van der Waals surface area contributed by atoms with Crippen LogP contribution in [0.2, 0.25) is 0 Å². The Hall–Kier alpha value is -0.350. The van der Waals surface area contributed by atoms with Crippen molar-refractivity contribution in [1.29, 1.82) is 0 Å². The van der Waals surface area contributed by atoms with Crippen molar-refractivity contribution in [3.05, 3.63) is 66.8 Å². The van der Waals surface area contributed by atoms with Gasteiger partial charge in [0.2, 0.25) is 0 Å². The van der Waals surface area contributed by atoms with Crippen molar-refractivity contribution in [2.45, 2.75) is 26.7 Å². The average Bonchev–Trinajstić information content (AvgIpc) is 2.39. The van der Waals surface area contributed by atoms with E-state index < -0.39 is 17.6 Å². The molecule has 0 aliphatic heterocycles. The van der Waals surface area contributed by atoms with E-state index in [1.165, 1.54) is 18.3 Å². The summed E-state index contributed by atoms with van der Waals surface area (Å²) in [5.41, 5.74) is 2.74. The van der Waals surface area contributed by atoms with Crippen LogP contribution in [-0.2, 0) is 0 Å². The third-order valence-corrected chi connectivity index (χ3v) is 11.2. The molecule has 0 aliphatic carbocycles. The Balaban J connectivity index is 2.23. The van der Waals surface area contributed by atoms with Crippen molar-refractivity contribution in [2.75, 3.05) is 0 Å². The van der Waals surface area contributed by atoms with Gasteiger partial charge in [0.25, 0.3) is 0 Å². The number of hydrogen-bond donors (Lipinski definition) is 0. The van der Waals surface area contributed by atoms with Gasteiger partial charge in [-0.05, 0) is 0 Å². The molecule has 2 aromatic carbocycles. The van der Waals surface area contributed by atoms with Gasteiger partial charge >= 0.3 is 124 Å². The summed E-state index contributed by atoms with van der Waals surface area (Å²) < 4.78 is 2.93. The molecule has 2 heteroatoms. The van der Waals surface area contributed by atoms with Gasteiger partial charge in [-0.3, -0.25) is 0 Å². The minimum atomic E-state index is -1.37. The van der Waals surface area contributed by atoms with Gasteiger partial charge in [-0.15, -0.1) is 0 Å². The van der Waals surface area contributed by atoms with Crippen LogP contribution in [0.5, 0.6) is 0 Å². The maximum absolute atomic E-state index is 3.94. The summed E-state index contributed by atoms with van der Waals surface area (Å²) >= 11 is 2.57. The van der Waals surface area contributed by atoms with Crippen LogP contribution in [0.25, 0.3) is 0 Å². The molecule has 2 aromatic rings. The number of aryl methyl sites for hydroxylation is 1. The van der Waals surface area contributed by atoms with Crippen molar-refractivity contribution in [1.82, 2.24) is 0 Å². The molecule has 0 radical (unpaired) electrons. The van der Waals surface area contributed by atoms with Crippen LogP contribution in [0, 0.1) is 14.1 Å². The molecule has 0 saturated heterocycles. The molecule has 0 heterocycles. The Morgan fingerprint density at radius 1 is 0.833 bits per heavy atom. The predicted molar refractivity (Wildman–Crippen MR) is 92.1 cm³/mol. The van der Waals surface area contributed by atoms with Gasteiger partial charge in [0.15, 0.2) is 0 Å². The Kier molecular flexibility index (Phi) is 4.84. The van der Waals surface area contributed by atoms with E-state index in [-0.39, 0.29) is 0 Å². The van der Waals surface area contributed by atoms with E-state index in [1.807, 2.05) is 0 Å². The Bertz CT molecular complexity index is 500. The van der Waals surface area contributed by atoms with Crippen molar-refractivity contribution in [3.8, 4) is 0 Å². The Morgan fingerprint density at radius 2 is 1.28 bits per heavy atom. The first-order valence-corrected chi connectivity index (χ1v) is 13.1. The summed E-state index contributed by atoms with van der Waals surface area (Å²) in [5.74, 6) is 0.607. The molecular weight excluding hydrogens is 399 g/mol. The predicted octanol–water partition coefficient (Wildman–Crippen LogP) is 5.97. The molecule has 0 aliphatic rings. The van der Waals surface area contributed by atoms with E-state index >= 15 is 0 Å². The Labute approximate surface area is 123 Å². The molecule has 0 atom stereocenters. The topological polar surface area (TPSA) is 0 Å². The summed E-state index contributed by atoms with van der Waals surface area (Å²) in [5, 5.41) is 0. The summed E-state index contributed by atoms with van der Waals surface area (Å²) in [6.07, 6.45) is 0. The van der Waals surface area contributed by atoms with Crippen LogP contribution < -0.4 is 0 Å². The summed E-state index contributed by atoms with van der Waals surface area (Å²) in [4.78, 5) is 0. The second kappa shape index (κ2) is 6.20. The molecule has 0 nitrogen and oxygen atoms in total. The van der Waals surface area contributed by atoms with E-state index in [0.29, 0.717) is 5.92 Å². The van der Waals surface area contributed by atoms with Crippen molar-refractivity contribution in [2.24, 2.45) is 0 Å². The maximum atomic E-state index is 3.94. The normalized spacial score (nSPS) is 11.7. The van der Waals surface area contributed by atoms with E-state index in [1.54, 1.807) is 0 Å². The summed E-state index contributed by atoms with van der Waals surface area (Å²) in [6.45, 7) is 6.60. The van der Waals surface area contributed by atoms with E-state index in [9.17, 15) is 0 Å². The quantitative estimate of drug-likeness (QED) is 0.540. The van der Waals surface area contributed by atoms with E-state index in [0.717, 1.165) is 0 Å². The number of halogens is 2. The fraction of sp³-hybridized carbons (Fsp3) is 0.250. The fourth-order valence-electron chi connectivity index (χ4n) is 1.73. The third kappa shape index (κ3) is 3.35.